The van der Waals surface area contributed by atoms with Crippen LogP contribution in [0.2, 0.25) is 0 Å². The molecule has 0 aromatic carbocycles. The first-order valence-electron chi connectivity index (χ1n) is 6.34. The van der Waals surface area contributed by atoms with Gasteiger partial charge in [-0.05, 0) is 36.5 Å². The van der Waals surface area contributed by atoms with Gasteiger partial charge in [0, 0.05) is 19.1 Å². The van der Waals surface area contributed by atoms with Crippen molar-refractivity contribution in [2.45, 2.75) is 27.8 Å². The summed E-state index contributed by atoms with van der Waals surface area (Å²) in [6.07, 6.45) is 0.481. The number of fused-ring (bicyclic) bond motifs is 1. The molecule has 5 nitrogen and oxygen atoms in total. The molecule has 3 N–H and O–H groups in total. The highest BCUT2D eigenvalue weighted by Crippen LogP contribution is 2.43. The van der Waals surface area contributed by atoms with Crippen LogP contribution in [0.4, 0.5) is 4.39 Å². The number of primary sulfonamides is 1. The summed E-state index contributed by atoms with van der Waals surface area (Å²) in [7, 11) is -3.67. The smallest absolute Gasteiger partial charge is 0.247 e. The van der Waals surface area contributed by atoms with Crippen LogP contribution in [-0.4, -0.2) is 39.0 Å². The van der Waals surface area contributed by atoms with Gasteiger partial charge in [0.15, 0.2) is 0 Å². The van der Waals surface area contributed by atoms with E-state index in [1.165, 1.54) is 23.3 Å². The van der Waals surface area contributed by atoms with Crippen LogP contribution in [0, 0.1) is 0 Å². The van der Waals surface area contributed by atoms with Gasteiger partial charge in [0.05, 0.1) is 10.9 Å². The maximum Gasteiger partial charge on any atom is 0.247 e. The number of hydrogen-bond donors (Lipinski definition) is 2. The molecular formula is C11H18FN3O2S3. The van der Waals surface area contributed by atoms with Crippen LogP contribution in [-0.2, 0) is 10.0 Å². The van der Waals surface area contributed by atoms with Gasteiger partial charge in [-0.25, -0.2) is 17.9 Å². The van der Waals surface area contributed by atoms with Gasteiger partial charge in [0.25, 0.3) is 0 Å². The number of alkyl halides is 1. The van der Waals surface area contributed by atoms with Crippen LogP contribution in [0.25, 0.3) is 0 Å². The Bertz CT molecular complexity index is 561. The first kappa shape index (κ1) is 16.2. The Balaban J connectivity index is 2.27. The van der Waals surface area contributed by atoms with Gasteiger partial charge in [0.1, 0.15) is 4.21 Å². The van der Waals surface area contributed by atoms with Gasteiger partial charge in [-0.15, -0.1) is 11.3 Å². The predicted octanol–water partition coefficient (Wildman–Crippen LogP) is 1.73. The summed E-state index contributed by atoms with van der Waals surface area (Å²) in [5, 5.41) is 8.53. The number of thiophene rings is 1. The minimum absolute atomic E-state index is 0.0580. The van der Waals surface area contributed by atoms with Gasteiger partial charge >= 0.3 is 0 Å². The van der Waals surface area contributed by atoms with E-state index in [2.05, 4.69) is 9.62 Å². The van der Waals surface area contributed by atoms with E-state index in [1.54, 1.807) is 6.07 Å². The zero-order valence-electron chi connectivity index (χ0n) is 11.1. The summed E-state index contributed by atoms with van der Waals surface area (Å²) in [4.78, 5) is 0. The third kappa shape index (κ3) is 3.71. The third-order valence-corrected chi connectivity index (χ3v) is 6.78. The Hall–Kier alpha value is -0.190. The molecular weight excluding hydrogens is 321 g/mol. The number of hydrogen-bond acceptors (Lipinski definition) is 6. The fourth-order valence-corrected chi connectivity index (χ4v) is 5.64. The first-order valence-corrected chi connectivity index (χ1v) is 9.48. The summed E-state index contributed by atoms with van der Waals surface area (Å²) in [5.41, 5.74) is 0.974. The lowest BCUT2D eigenvalue weighted by molar-refractivity contribution is 0.353. The van der Waals surface area contributed by atoms with Gasteiger partial charge < -0.3 is 5.32 Å². The van der Waals surface area contributed by atoms with Crippen LogP contribution in [0.5, 0.6) is 0 Å². The van der Waals surface area contributed by atoms with E-state index in [-0.39, 0.29) is 16.9 Å². The van der Waals surface area contributed by atoms with Gasteiger partial charge in [-0.2, -0.15) is 0 Å². The fraction of sp³-hybridized carbons (Fsp3) is 0.636. The predicted molar refractivity (Wildman–Crippen MR) is 80.1 cm³/mol. The maximum absolute atomic E-state index is 12.3. The molecule has 20 heavy (non-hydrogen) atoms. The molecule has 0 spiro atoms. The summed E-state index contributed by atoms with van der Waals surface area (Å²) >= 11 is 2.67. The molecule has 1 aliphatic rings. The molecule has 1 aromatic rings. The molecule has 1 aromatic heterocycles. The van der Waals surface area contributed by atoms with Crippen LogP contribution >= 0.6 is 23.3 Å². The number of rotatable bonds is 6. The van der Waals surface area contributed by atoms with Crippen LogP contribution in [0.3, 0.4) is 0 Å². The maximum atomic E-state index is 12.3. The van der Waals surface area contributed by atoms with E-state index < -0.39 is 10.0 Å². The molecule has 114 valence electrons. The van der Waals surface area contributed by atoms with Crippen molar-refractivity contribution in [1.82, 2.24) is 9.62 Å². The normalized spacial score (nSPS) is 20.1. The Labute approximate surface area is 126 Å². The quantitative estimate of drug-likeness (QED) is 0.772. The lowest BCUT2D eigenvalue weighted by Crippen LogP contribution is -2.35. The second-order valence-electron chi connectivity index (χ2n) is 4.49. The van der Waals surface area contributed by atoms with E-state index in [4.69, 9.17) is 5.14 Å². The number of halogens is 1. The van der Waals surface area contributed by atoms with E-state index in [9.17, 15) is 12.8 Å². The van der Waals surface area contributed by atoms with Gasteiger partial charge in [-0.1, -0.05) is 6.92 Å². The van der Waals surface area contributed by atoms with Crippen LogP contribution in [0.15, 0.2) is 14.5 Å². The second-order valence-corrected chi connectivity index (χ2v) is 8.69. The van der Waals surface area contributed by atoms with E-state index >= 15 is 0 Å². The van der Waals surface area contributed by atoms with Crippen molar-refractivity contribution < 1.29 is 12.8 Å². The van der Waals surface area contributed by atoms with Crippen molar-refractivity contribution in [2.75, 3.05) is 26.3 Å². The first-order chi connectivity index (χ1) is 9.45. The molecule has 0 bridgehead atoms. The van der Waals surface area contributed by atoms with E-state index in [0.717, 1.165) is 22.9 Å². The number of nitrogens with two attached hydrogens (primary N) is 1. The van der Waals surface area contributed by atoms with Gasteiger partial charge in [0.2, 0.25) is 10.0 Å². The highest BCUT2D eigenvalue weighted by atomic mass is 32.3. The molecule has 0 fully saturated rings. The van der Waals surface area contributed by atoms with Crippen molar-refractivity contribution in [3.05, 3.63) is 11.6 Å². The summed E-state index contributed by atoms with van der Waals surface area (Å²) in [6, 6.07) is 1.71. The van der Waals surface area contributed by atoms with E-state index in [1.807, 2.05) is 6.92 Å². The van der Waals surface area contributed by atoms with Crippen molar-refractivity contribution >= 4 is 33.3 Å². The van der Waals surface area contributed by atoms with Crippen molar-refractivity contribution in [2.24, 2.45) is 5.14 Å². The summed E-state index contributed by atoms with van der Waals surface area (Å²) < 4.78 is 38.4. The lowest BCUT2D eigenvalue weighted by atomic mass is 10.1. The topological polar surface area (TPSA) is 75.4 Å². The Morgan fingerprint density at radius 2 is 2.35 bits per heavy atom. The molecule has 0 radical (unpaired) electrons. The highest BCUT2D eigenvalue weighted by molar-refractivity contribution is 7.99. The van der Waals surface area contributed by atoms with Crippen molar-refractivity contribution in [3.63, 3.8) is 0 Å². The molecule has 1 atom stereocenters. The average molecular weight is 339 g/mol. The molecule has 0 amide bonds. The molecule has 0 aliphatic carbocycles. The van der Waals surface area contributed by atoms with Gasteiger partial charge in [-0.3, -0.25) is 4.39 Å². The molecule has 1 unspecified atom stereocenters. The number of likely N-dealkylation sites (N-methyl/N-ethyl adjacent to an activating group) is 1. The molecule has 0 saturated carbocycles. The average Bonchev–Trinajstić information content (AvgIpc) is 2.80. The summed E-state index contributed by atoms with van der Waals surface area (Å²) in [5.74, 6) is 0. The summed E-state index contributed by atoms with van der Waals surface area (Å²) in [6.45, 7) is 3.81. The Kier molecular flexibility index (Phi) is 5.43. The SMILES string of the molecule is CCNC1CN(CCCF)Sc2sc(S(N)(=O)=O)cc21. The lowest BCUT2D eigenvalue weighted by Gasteiger charge is -2.31. The second kappa shape index (κ2) is 6.71. The monoisotopic (exact) mass is 339 g/mol. The Morgan fingerprint density at radius 1 is 1.60 bits per heavy atom. The molecule has 0 saturated heterocycles. The largest absolute Gasteiger partial charge is 0.309 e. The van der Waals surface area contributed by atoms with E-state index in [0.29, 0.717) is 13.0 Å². The minimum Gasteiger partial charge on any atom is -0.309 e. The Morgan fingerprint density at radius 3 is 2.95 bits per heavy atom. The molecule has 2 heterocycles. The third-order valence-electron chi connectivity index (χ3n) is 2.95. The number of sulfonamides is 1. The standard InChI is InChI=1S/C11H18FN3O2S3/c1-2-14-9-7-15(5-3-4-12)19-11-8(9)6-10(18-11)20(13,16)17/h6,9,14H,2-5,7H2,1H3,(H2,13,16,17). The van der Waals surface area contributed by atoms with Crippen LogP contribution < -0.4 is 10.5 Å². The minimum atomic E-state index is -3.67. The zero-order chi connectivity index (χ0) is 14.8. The van der Waals surface area contributed by atoms with Crippen molar-refractivity contribution in [1.29, 1.82) is 0 Å². The van der Waals surface area contributed by atoms with Crippen molar-refractivity contribution in [3.8, 4) is 0 Å². The zero-order valence-corrected chi connectivity index (χ0v) is 13.6. The molecule has 2 rings (SSSR count). The number of nitrogens with one attached hydrogen (secondary N) is 1. The number of nitrogens with zero attached hydrogens (tertiary/aromatic N) is 1. The van der Waals surface area contributed by atoms with Crippen LogP contribution in [0.1, 0.15) is 24.9 Å². The highest BCUT2D eigenvalue weighted by Gasteiger charge is 2.29. The fourth-order valence-electron chi connectivity index (χ4n) is 2.07. The molecule has 9 heteroatoms. The molecule has 1 aliphatic heterocycles.